The molecule has 0 aliphatic carbocycles. The van der Waals surface area contributed by atoms with Crippen LogP contribution in [0, 0.1) is 0 Å². The average molecular weight is 389 g/mol. The number of rotatable bonds is 4. The van der Waals surface area contributed by atoms with Crippen LogP contribution in [0.15, 0.2) is 27.8 Å². The topological polar surface area (TPSA) is 75.1 Å². The Labute approximate surface area is 141 Å². The highest BCUT2D eigenvalue weighted by molar-refractivity contribution is 6.26. The van der Waals surface area contributed by atoms with E-state index in [9.17, 15) is 32.3 Å². The number of aromatic amines is 1. The summed E-state index contributed by atoms with van der Waals surface area (Å²) in [5, 5.41) is -0.223. The molecule has 2 rings (SSSR count). The molecule has 24 heavy (non-hydrogen) atoms. The van der Waals surface area contributed by atoms with Crippen molar-refractivity contribution in [1.29, 1.82) is 0 Å². The van der Waals surface area contributed by atoms with Gasteiger partial charge in [0.2, 0.25) is 5.60 Å². The summed E-state index contributed by atoms with van der Waals surface area (Å²) in [6, 6.07) is 2.18. The number of aliphatic hydroxyl groups is 1. The molecule has 2 aromatic rings. The van der Waals surface area contributed by atoms with Gasteiger partial charge in [-0.2, -0.15) is 17.6 Å². The number of alkyl halides is 6. The maximum Gasteiger partial charge on any atom is 0.361 e. The number of nitrogens with zero attached hydrogens (tertiary/aromatic N) is 1. The third kappa shape index (κ3) is 2.70. The zero-order valence-corrected chi connectivity index (χ0v) is 13.4. The molecular weight excluding hydrogens is 379 g/mol. The lowest BCUT2D eigenvalue weighted by molar-refractivity contribution is -0.224. The molecule has 11 heteroatoms. The quantitative estimate of drug-likeness (QED) is 0.624. The van der Waals surface area contributed by atoms with E-state index in [-0.39, 0.29) is 17.4 Å². The van der Waals surface area contributed by atoms with Crippen molar-refractivity contribution in [3.8, 4) is 0 Å². The van der Waals surface area contributed by atoms with E-state index in [0.717, 1.165) is 10.6 Å². The predicted octanol–water partition coefficient (Wildman–Crippen LogP) is 2.56. The second-order valence-corrected chi connectivity index (χ2v) is 5.90. The molecule has 5 nitrogen and oxygen atoms in total. The van der Waals surface area contributed by atoms with E-state index in [2.05, 4.69) is 28.2 Å². The summed E-state index contributed by atoms with van der Waals surface area (Å²) in [5.41, 5.74) is -7.12. The Morgan fingerprint density at radius 1 is 1.17 bits per heavy atom. The van der Waals surface area contributed by atoms with Gasteiger partial charge in [-0.05, 0) is 47.8 Å². The third-order valence-electron chi connectivity index (χ3n) is 3.54. The molecule has 2 N–H and O–H groups in total. The van der Waals surface area contributed by atoms with Crippen LogP contribution in [-0.2, 0) is 12.1 Å². The van der Waals surface area contributed by atoms with Crippen molar-refractivity contribution < 1.29 is 22.7 Å². The molecule has 0 amide bonds. The molecule has 0 bridgehead atoms. The van der Waals surface area contributed by atoms with Gasteiger partial charge >= 0.3 is 16.5 Å². The van der Waals surface area contributed by atoms with Crippen LogP contribution < -0.4 is 11.2 Å². The maximum absolute atomic E-state index is 13.5. The lowest BCUT2D eigenvalue weighted by atomic mass is 9.93. The van der Waals surface area contributed by atoms with Crippen LogP contribution in [0.3, 0.4) is 0 Å². The van der Waals surface area contributed by atoms with Crippen molar-refractivity contribution >= 4 is 34.1 Å². The summed E-state index contributed by atoms with van der Waals surface area (Å²) in [5.74, 6) is 0. The molecule has 0 fully saturated rings. The highest BCUT2D eigenvalue weighted by Crippen LogP contribution is 2.52. The highest BCUT2D eigenvalue weighted by Gasteiger charge is 2.68. The first-order valence-electron chi connectivity index (χ1n) is 6.47. The zero-order valence-electron chi connectivity index (χ0n) is 11.9. The molecule has 1 aromatic carbocycles. The van der Waals surface area contributed by atoms with Crippen LogP contribution in [-0.4, -0.2) is 25.4 Å². The first-order valence-corrected chi connectivity index (χ1v) is 7.23. The van der Waals surface area contributed by atoms with Crippen molar-refractivity contribution in [2.24, 2.45) is 0 Å². The van der Waals surface area contributed by atoms with Crippen LogP contribution in [0.5, 0.6) is 0 Å². The average Bonchev–Trinajstić information content (AvgIpc) is 2.44. The molecular formula is C13H10Cl2F4N2O3. The van der Waals surface area contributed by atoms with Crippen LogP contribution in [0.25, 0.3) is 10.9 Å². The minimum Gasteiger partial charge on any atom is -0.372 e. The maximum atomic E-state index is 13.5. The molecule has 0 unspecified atom stereocenters. The monoisotopic (exact) mass is 388 g/mol. The Kier molecular flexibility index (Phi) is 4.49. The summed E-state index contributed by atoms with van der Waals surface area (Å²) < 4.78 is 54.6. The Bertz CT molecular complexity index is 885. The fraction of sp³-hybridized carbons (Fsp3) is 0.385. The number of aromatic nitrogens is 2. The molecule has 0 radical (unpaired) electrons. The van der Waals surface area contributed by atoms with Crippen LogP contribution in [0.4, 0.5) is 17.6 Å². The van der Waals surface area contributed by atoms with Gasteiger partial charge in [0.1, 0.15) is 0 Å². The first kappa shape index (κ1) is 18.8. The largest absolute Gasteiger partial charge is 0.372 e. The standard InChI is InChI=1S/C13H10Cl2F4N2O3/c1-2-21-9(22)7-5-6(3-4-8(7)20-10(21)23)11(24,12(14,16)17)13(15,18)19/h3-5,24H,2H2,1H3,(H,20,23). The molecule has 0 saturated heterocycles. The zero-order chi connectivity index (χ0) is 18.5. The third-order valence-corrected chi connectivity index (χ3v) is 4.08. The summed E-state index contributed by atoms with van der Waals surface area (Å²) >= 11 is 9.29. The van der Waals surface area contributed by atoms with Crippen molar-refractivity contribution in [2.45, 2.75) is 29.8 Å². The Hall–Kier alpha value is -1.58. The highest BCUT2D eigenvalue weighted by atomic mass is 35.5. The Morgan fingerprint density at radius 3 is 2.17 bits per heavy atom. The predicted molar refractivity (Wildman–Crippen MR) is 80.0 cm³/mol. The number of hydrogen-bond donors (Lipinski definition) is 2. The van der Waals surface area contributed by atoms with Crippen LogP contribution in [0.2, 0.25) is 0 Å². The van der Waals surface area contributed by atoms with E-state index in [4.69, 9.17) is 0 Å². The van der Waals surface area contributed by atoms with E-state index in [1.165, 1.54) is 6.92 Å². The number of nitrogens with one attached hydrogen (secondary N) is 1. The second-order valence-electron chi connectivity index (χ2n) is 4.95. The van der Waals surface area contributed by atoms with Gasteiger partial charge in [0.25, 0.3) is 5.56 Å². The van der Waals surface area contributed by atoms with E-state index in [0.29, 0.717) is 12.1 Å². The van der Waals surface area contributed by atoms with E-state index >= 15 is 0 Å². The first-order chi connectivity index (χ1) is 10.8. The SMILES string of the molecule is CCn1c(=O)[nH]c2ccc(C(O)(C(F)(F)Cl)C(F)(F)Cl)cc2c1=O. The fourth-order valence-corrected chi connectivity index (χ4v) is 2.75. The van der Waals surface area contributed by atoms with Gasteiger partial charge in [0, 0.05) is 6.54 Å². The lowest BCUT2D eigenvalue weighted by Gasteiger charge is -2.35. The summed E-state index contributed by atoms with van der Waals surface area (Å²) in [4.78, 5) is 26.1. The van der Waals surface area contributed by atoms with E-state index < -0.39 is 33.2 Å². The Morgan fingerprint density at radius 2 is 1.71 bits per heavy atom. The van der Waals surface area contributed by atoms with Crippen molar-refractivity contribution in [3.05, 3.63) is 44.6 Å². The molecule has 0 aliphatic heterocycles. The molecule has 132 valence electrons. The summed E-state index contributed by atoms with van der Waals surface area (Å²) in [6.07, 6.45) is 0. The number of fused-ring (bicyclic) bond motifs is 1. The number of H-pyrrole nitrogens is 1. The van der Waals surface area contributed by atoms with E-state index in [1.54, 1.807) is 0 Å². The van der Waals surface area contributed by atoms with Crippen molar-refractivity contribution in [2.75, 3.05) is 0 Å². The summed E-state index contributed by atoms with van der Waals surface area (Å²) in [6.45, 7) is 1.43. The van der Waals surface area contributed by atoms with Gasteiger partial charge in [-0.15, -0.1) is 0 Å². The molecule has 0 spiro atoms. The normalized spacial score (nSPS) is 13.5. The molecule has 1 heterocycles. The molecule has 1 aromatic heterocycles. The lowest BCUT2D eigenvalue weighted by Crippen LogP contribution is -2.52. The smallest absolute Gasteiger partial charge is 0.361 e. The molecule has 0 atom stereocenters. The van der Waals surface area contributed by atoms with Gasteiger partial charge < -0.3 is 10.1 Å². The summed E-state index contributed by atoms with van der Waals surface area (Å²) in [7, 11) is 0. The second kappa shape index (κ2) is 5.75. The van der Waals surface area contributed by atoms with Crippen LogP contribution >= 0.6 is 23.2 Å². The van der Waals surface area contributed by atoms with Gasteiger partial charge in [-0.1, -0.05) is 6.07 Å². The molecule has 0 saturated carbocycles. The number of halogens is 6. The van der Waals surface area contributed by atoms with Gasteiger partial charge in [-0.25, -0.2) is 4.79 Å². The Balaban J connectivity index is 2.88. The fourth-order valence-electron chi connectivity index (χ4n) is 2.25. The molecule has 0 aliphatic rings. The number of benzene rings is 1. The number of hydrogen-bond acceptors (Lipinski definition) is 3. The van der Waals surface area contributed by atoms with Crippen molar-refractivity contribution in [3.63, 3.8) is 0 Å². The van der Waals surface area contributed by atoms with E-state index in [1.807, 2.05) is 0 Å². The van der Waals surface area contributed by atoms with Crippen LogP contribution in [0.1, 0.15) is 12.5 Å². The van der Waals surface area contributed by atoms with Gasteiger partial charge in [0.05, 0.1) is 10.9 Å². The van der Waals surface area contributed by atoms with Gasteiger partial charge in [-0.3, -0.25) is 9.36 Å². The minimum absolute atomic E-state index is 0.0457. The van der Waals surface area contributed by atoms with Gasteiger partial charge in [0.15, 0.2) is 0 Å². The minimum atomic E-state index is -4.85. The van der Waals surface area contributed by atoms with Crippen molar-refractivity contribution in [1.82, 2.24) is 9.55 Å².